The average molecular weight is 297 g/mol. The molecule has 1 fully saturated rings. The molecule has 0 aromatic carbocycles. The van der Waals surface area contributed by atoms with Gasteiger partial charge in [0, 0.05) is 6.04 Å². The molecule has 1 aromatic rings. The van der Waals surface area contributed by atoms with E-state index in [-0.39, 0.29) is 5.91 Å². The quantitative estimate of drug-likeness (QED) is 0.580. The van der Waals surface area contributed by atoms with Crippen LogP contribution in [0.4, 0.5) is 0 Å². The fourth-order valence-corrected chi connectivity index (χ4v) is 3.14. The minimum Gasteiger partial charge on any atom is -0.358 e. The molecule has 0 radical (unpaired) electrons. The van der Waals surface area contributed by atoms with Gasteiger partial charge in [-0.25, -0.2) is 0 Å². The maximum absolute atomic E-state index is 11.7. The Hall–Kier alpha value is -1.14. The van der Waals surface area contributed by atoms with Crippen molar-refractivity contribution in [1.82, 2.24) is 16.2 Å². The number of rotatable bonds is 2. The Balaban J connectivity index is 1.74. The van der Waals surface area contributed by atoms with E-state index in [2.05, 4.69) is 23.1 Å². The monoisotopic (exact) mass is 297 g/mol. The van der Waals surface area contributed by atoms with E-state index in [1.807, 2.05) is 11.4 Å². The summed E-state index contributed by atoms with van der Waals surface area (Å²) in [4.78, 5) is 12.4. The Morgan fingerprint density at radius 2 is 2.16 bits per heavy atom. The van der Waals surface area contributed by atoms with E-state index >= 15 is 0 Å². The number of thiocarbonyl (C=S) groups is 1. The molecule has 0 saturated heterocycles. The van der Waals surface area contributed by atoms with Crippen LogP contribution in [0, 0.1) is 5.92 Å². The van der Waals surface area contributed by atoms with E-state index in [1.165, 1.54) is 30.6 Å². The van der Waals surface area contributed by atoms with Crippen LogP contribution in [0.5, 0.6) is 0 Å². The van der Waals surface area contributed by atoms with Crippen LogP contribution >= 0.6 is 23.6 Å². The zero-order chi connectivity index (χ0) is 13.7. The van der Waals surface area contributed by atoms with E-state index in [9.17, 15) is 4.79 Å². The number of amides is 1. The van der Waals surface area contributed by atoms with Crippen molar-refractivity contribution in [1.29, 1.82) is 0 Å². The van der Waals surface area contributed by atoms with Gasteiger partial charge in [0.1, 0.15) is 0 Å². The van der Waals surface area contributed by atoms with Crippen molar-refractivity contribution in [2.24, 2.45) is 5.92 Å². The van der Waals surface area contributed by atoms with Gasteiger partial charge in [0.25, 0.3) is 5.91 Å². The van der Waals surface area contributed by atoms with E-state index in [0.29, 0.717) is 21.9 Å². The SMILES string of the molecule is C[C@@H]1CCCC[C@@H]1NC(=S)NNC(=O)c1cccs1. The molecule has 2 atom stereocenters. The molecule has 6 heteroatoms. The molecule has 1 heterocycles. The van der Waals surface area contributed by atoms with Crippen molar-refractivity contribution < 1.29 is 4.79 Å². The molecule has 1 aliphatic rings. The topological polar surface area (TPSA) is 53.2 Å². The van der Waals surface area contributed by atoms with Crippen LogP contribution in [0.25, 0.3) is 0 Å². The summed E-state index contributed by atoms with van der Waals surface area (Å²) in [6.07, 6.45) is 4.92. The van der Waals surface area contributed by atoms with Crippen LogP contribution in [-0.4, -0.2) is 17.1 Å². The molecule has 0 spiro atoms. The van der Waals surface area contributed by atoms with Crippen LogP contribution in [0.3, 0.4) is 0 Å². The highest BCUT2D eigenvalue weighted by Gasteiger charge is 2.21. The number of hydrogen-bond acceptors (Lipinski definition) is 3. The third kappa shape index (κ3) is 4.18. The van der Waals surface area contributed by atoms with Gasteiger partial charge in [-0.15, -0.1) is 11.3 Å². The zero-order valence-electron chi connectivity index (χ0n) is 10.9. The maximum atomic E-state index is 11.7. The molecule has 104 valence electrons. The highest BCUT2D eigenvalue weighted by atomic mass is 32.1. The van der Waals surface area contributed by atoms with Crippen molar-refractivity contribution in [3.8, 4) is 0 Å². The molecule has 3 N–H and O–H groups in total. The van der Waals surface area contributed by atoms with Crippen molar-refractivity contribution in [3.05, 3.63) is 22.4 Å². The van der Waals surface area contributed by atoms with Crippen LogP contribution in [0.2, 0.25) is 0 Å². The molecule has 0 unspecified atom stereocenters. The molecule has 1 aliphatic carbocycles. The Bertz CT molecular complexity index is 433. The van der Waals surface area contributed by atoms with E-state index < -0.39 is 0 Å². The Labute approximate surface area is 122 Å². The lowest BCUT2D eigenvalue weighted by molar-refractivity contribution is 0.0947. The fourth-order valence-electron chi connectivity index (χ4n) is 2.32. The average Bonchev–Trinajstić information content (AvgIpc) is 2.93. The van der Waals surface area contributed by atoms with E-state index in [1.54, 1.807) is 6.07 Å². The smallest absolute Gasteiger partial charge is 0.279 e. The second-order valence-electron chi connectivity index (χ2n) is 4.90. The minimum atomic E-state index is -0.157. The first kappa shape index (κ1) is 14.3. The van der Waals surface area contributed by atoms with Gasteiger partial charge < -0.3 is 5.32 Å². The highest BCUT2D eigenvalue weighted by Crippen LogP contribution is 2.23. The molecule has 2 rings (SSSR count). The van der Waals surface area contributed by atoms with E-state index in [0.717, 1.165) is 6.42 Å². The van der Waals surface area contributed by atoms with Gasteiger partial charge in [-0.3, -0.25) is 15.6 Å². The predicted octanol–water partition coefficient (Wildman–Crippen LogP) is 2.44. The summed E-state index contributed by atoms with van der Waals surface area (Å²) >= 11 is 6.61. The first-order valence-electron chi connectivity index (χ1n) is 6.57. The minimum absolute atomic E-state index is 0.157. The third-order valence-electron chi connectivity index (χ3n) is 3.46. The van der Waals surface area contributed by atoms with Gasteiger partial charge in [0.05, 0.1) is 4.88 Å². The normalized spacial score (nSPS) is 22.6. The largest absolute Gasteiger partial charge is 0.358 e. The summed E-state index contributed by atoms with van der Waals surface area (Å²) in [6, 6.07) is 4.04. The first-order valence-corrected chi connectivity index (χ1v) is 7.86. The Kier molecular flexibility index (Phi) is 5.15. The second-order valence-corrected chi connectivity index (χ2v) is 6.25. The fraction of sp³-hybridized carbons (Fsp3) is 0.538. The molecular formula is C13H19N3OS2. The van der Waals surface area contributed by atoms with Gasteiger partial charge in [0.2, 0.25) is 0 Å². The Morgan fingerprint density at radius 3 is 2.84 bits per heavy atom. The first-order chi connectivity index (χ1) is 9.16. The van der Waals surface area contributed by atoms with Crippen LogP contribution in [0.1, 0.15) is 42.3 Å². The lowest BCUT2D eigenvalue weighted by atomic mass is 9.86. The lowest BCUT2D eigenvalue weighted by Gasteiger charge is -2.30. The summed E-state index contributed by atoms with van der Waals surface area (Å²) in [5.41, 5.74) is 5.37. The standard InChI is InChI=1S/C13H19N3OS2/c1-9-5-2-3-6-10(9)14-13(18)16-15-12(17)11-7-4-8-19-11/h4,7-10H,2-3,5-6H2,1H3,(H,15,17)(H2,14,16,18)/t9-,10+/m1/s1. The summed E-state index contributed by atoms with van der Waals surface area (Å²) in [5.74, 6) is 0.470. The van der Waals surface area contributed by atoms with Crippen LogP contribution in [0.15, 0.2) is 17.5 Å². The molecule has 1 saturated carbocycles. The van der Waals surface area contributed by atoms with Crippen molar-refractivity contribution >= 4 is 34.6 Å². The van der Waals surface area contributed by atoms with Gasteiger partial charge in [0.15, 0.2) is 5.11 Å². The summed E-state index contributed by atoms with van der Waals surface area (Å²) in [6.45, 7) is 2.24. The predicted molar refractivity (Wildman–Crippen MR) is 82.1 cm³/mol. The van der Waals surface area contributed by atoms with E-state index in [4.69, 9.17) is 12.2 Å². The van der Waals surface area contributed by atoms with Gasteiger partial charge in [-0.05, 0) is 42.4 Å². The van der Waals surface area contributed by atoms with Gasteiger partial charge >= 0.3 is 0 Å². The molecule has 4 nitrogen and oxygen atoms in total. The number of carbonyl (C=O) groups is 1. The molecule has 0 bridgehead atoms. The molecule has 0 aliphatic heterocycles. The number of thiophene rings is 1. The Morgan fingerprint density at radius 1 is 1.37 bits per heavy atom. The zero-order valence-corrected chi connectivity index (χ0v) is 12.6. The molecular weight excluding hydrogens is 278 g/mol. The van der Waals surface area contributed by atoms with Crippen molar-refractivity contribution in [2.75, 3.05) is 0 Å². The number of hydrogen-bond donors (Lipinski definition) is 3. The van der Waals surface area contributed by atoms with Gasteiger partial charge in [-0.2, -0.15) is 0 Å². The lowest BCUT2D eigenvalue weighted by Crippen LogP contribution is -2.51. The van der Waals surface area contributed by atoms with Crippen molar-refractivity contribution in [2.45, 2.75) is 38.6 Å². The van der Waals surface area contributed by atoms with Crippen molar-refractivity contribution in [3.63, 3.8) is 0 Å². The maximum Gasteiger partial charge on any atom is 0.279 e. The highest BCUT2D eigenvalue weighted by molar-refractivity contribution is 7.80. The summed E-state index contributed by atoms with van der Waals surface area (Å²) < 4.78 is 0. The number of nitrogens with one attached hydrogen (secondary N) is 3. The van der Waals surface area contributed by atoms with Crippen LogP contribution < -0.4 is 16.2 Å². The molecule has 19 heavy (non-hydrogen) atoms. The van der Waals surface area contributed by atoms with Crippen LogP contribution in [-0.2, 0) is 0 Å². The summed E-state index contributed by atoms with van der Waals surface area (Å²) in [7, 11) is 0. The third-order valence-corrected chi connectivity index (χ3v) is 4.55. The van der Waals surface area contributed by atoms with Gasteiger partial charge in [-0.1, -0.05) is 25.8 Å². The number of carbonyl (C=O) groups excluding carboxylic acids is 1. The molecule has 1 amide bonds. The second kappa shape index (κ2) is 6.86. The number of hydrazine groups is 1. The summed E-state index contributed by atoms with van der Waals surface area (Å²) in [5, 5.41) is 5.64. The molecule has 1 aromatic heterocycles.